The number of fused-ring (bicyclic) bond motifs is 1. The Bertz CT molecular complexity index is 357. The van der Waals surface area contributed by atoms with Crippen molar-refractivity contribution in [2.24, 2.45) is 0 Å². The van der Waals surface area contributed by atoms with Crippen molar-refractivity contribution >= 4 is 5.69 Å². The van der Waals surface area contributed by atoms with Crippen LogP contribution in [0.2, 0.25) is 0 Å². The van der Waals surface area contributed by atoms with Crippen LogP contribution < -0.4 is 9.64 Å². The van der Waals surface area contributed by atoms with E-state index in [1.807, 2.05) is 19.2 Å². The van der Waals surface area contributed by atoms with Gasteiger partial charge in [-0.05, 0) is 11.6 Å². The highest BCUT2D eigenvalue weighted by atomic mass is 16.5. The third-order valence-corrected chi connectivity index (χ3v) is 2.52. The molecule has 0 N–H and O–H groups in total. The molecule has 1 aromatic carbocycles. The highest BCUT2D eigenvalue weighted by Gasteiger charge is 2.19. The fraction of sp³-hybridized carbons (Fsp3) is 0.273. The lowest BCUT2D eigenvalue weighted by Crippen LogP contribution is -2.09. The van der Waals surface area contributed by atoms with Crippen molar-refractivity contribution in [2.45, 2.75) is 6.42 Å². The molecule has 1 aliphatic rings. The quantitative estimate of drug-likeness (QED) is 0.648. The largest absolute Gasteiger partial charge is 0.497 e. The minimum absolute atomic E-state index is 0.903. The zero-order valence-electron chi connectivity index (χ0n) is 8.00. The SMILES string of the molecule is C=C1Cc2ccc(OC)cc2N1C. The summed E-state index contributed by atoms with van der Waals surface area (Å²) < 4.78 is 5.17. The standard InChI is InChI=1S/C11H13NO/c1-8-6-9-4-5-10(13-3)7-11(9)12(8)2/h4-5,7H,1,6H2,2-3H3. The Morgan fingerprint density at radius 1 is 1.46 bits per heavy atom. The van der Waals surface area contributed by atoms with Gasteiger partial charge in [-0.3, -0.25) is 0 Å². The molecule has 0 saturated carbocycles. The summed E-state index contributed by atoms with van der Waals surface area (Å²) in [6.45, 7) is 3.99. The summed E-state index contributed by atoms with van der Waals surface area (Å²) in [5, 5.41) is 0. The number of ether oxygens (including phenoxy) is 1. The highest BCUT2D eigenvalue weighted by Crippen LogP contribution is 2.34. The summed E-state index contributed by atoms with van der Waals surface area (Å²) in [7, 11) is 3.72. The maximum Gasteiger partial charge on any atom is 0.120 e. The molecule has 2 rings (SSSR count). The van der Waals surface area contributed by atoms with E-state index < -0.39 is 0 Å². The average molecular weight is 175 g/mol. The van der Waals surface area contributed by atoms with Crippen LogP contribution in [-0.4, -0.2) is 14.2 Å². The van der Waals surface area contributed by atoms with Crippen LogP contribution in [0.5, 0.6) is 5.75 Å². The monoisotopic (exact) mass is 175 g/mol. The molecule has 0 bridgehead atoms. The predicted octanol–water partition coefficient (Wildman–Crippen LogP) is 2.20. The zero-order chi connectivity index (χ0) is 9.42. The number of nitrogens with zero attached hydrogens (tertiary/aromatic N) is 1. The van der Waals surface area contributed by atoms with Crippen molar-refractivity contribution in [3.8, 4) is 5.75 Å². The van der Waals surface area contributed by atoms with Crippen LogP contribution in [0.15, 0.2) is 30.5 Å². The molecular weight excluding hydrogens is 162 g/mol. The van der Waals surface area contributed by atoms with Gasteiger partial charge in [0.15, 0.2) is 0 Å². The van der Waals surface area contributed by atoms with Crippen molar-refractivity contribution < 1.29 is 4.74 Å². The number of likely N-dealkylation sites (N-methyl/N-ethyl adjacent to an activating group) is 1. The molecule has 1 aliphatic heterocycles. The molecule has 0 atom stereocenters. The number of allylic oxidation sites excluding steroid dienone is 1. The van der Waals surface area contributed by atoms with Crippen LogP contribution in [0.4, 0.5) is 5.69 Å². The van der Waals surface area contributed by atoms with Gasteiger partial charge in [0.2, 0.25) is 0 Å². The first-order chi connectivity index (χ1) is 6.22. The second-order valence-corrected chi connectivity index (χ2v) is 3.30. The van der Waals surface area contributed by atoms with Crippen molar-refractivity contribution in [3.63, 3.8) is 0 Å². The van der Waals surface area contributed by atoms with Crippen LogP contribution >= 0.6 is 0 Å². The van der Waals surface area contributed by atoms with E-state index >= 15 is 0 Å². The Balaban J connectivity index is 2.47. The van der Waals surface area contributed by atoms with E-state index in [0.29, 0.717) is 0 Å². The normalized spacial score (nSPS) is 14.6. The first-order valence-electron chi connectivity index (χ1n) is 4.31. The lowest BCUT2D eigenvalue weighted by molar-refractivity contribution is 0.415. The van der Waals surface area contributed by atoms with Gasteiger partial charge in [0.05, 0.1) is 7.11 Å². The molecule has 0 saturated heterocycles. The maximum atomic E-state index is 5.17. The molecule has 1 heterocycles. The van der Waals surface area contributed by atoms with Gasteiger partial charge in [-0.15, -0.1) is 0 Å². The molecular formula is C11H13NO. The summed E-state index contributed by atoms with van der Waals surface area (Å²) >= 11 is 0. The first-order valence-corrected chi connectivity index (χ1v) is 4.31. The molecule has 0 radical (unpaired) electrons. The van der Waals surface area contributed by atoms with Gasteiger partial charge in [-0.2, -0.15) is 0 Å². The van der Waals surface area contributed by atoms with Crippen LogP contribution in [-0.2, 0) is 6.42 Å². The summed E-state index contributed by atoms with van der Waals surface area (Å²) in [5.41, 5.74) is 3.68. The summed E-state index contributed by atoms with van der Waals surface area (Å²) in [6.07, 6.45) is 0.954. The fourth-order valence-electron chi connectivity index (χ4n) is 1.64. The first kappa shape index (κ1) is 8.17. The summed E-state index contributed by atoms with van der Waals surface area (Å²) in [4.78, 5) is 2.11. The Kier molecular flexibility index (Phi) is 1.76. The lowest BCUT2D eigenvalue weighted by atomic mass is 10.1. The highest BCUT2D eigenvalue weighted by molar-refractivity contribution is 5.66. The van der Waals surface area contributed by atoms with Crippen molar-refractivity contribution in [1.82, 2.24) is 0 Å². The Hall–Kier alpha value is -1.44. The van der Waals surface area contributed by atoms with Crippen LogP contribution in [0.3, 0.4) is 0 Å². The maximum absolute atomic E-state index is 5.17. The third kappa shape index (κ3) is 1.18. The van der Waals surface area contributed by atoms with Gasteiger partial charge < -0.3 is 9.64 Å². The van der Waals surface area contributed by atoms with E-state index in [1.165, 1.54) is 11.3 Å². The zero-order valence-corrected chi connectivity index (χ0v) is 8.00. The minimum atomic E-state index is 0.903. The molecule has 0 aliphatic carbocycles. The molecule has 1 aromatic rings. The van der Waals surface area contributed by atoms with E-state index in [1.54, 1.807) is 7.11 Å². The Labute approximate surface area is 78.4 Å². The van der Waals surface area contributed by atoms with E-state index in [2.05, 4.69) is 17.5 Å². The summed E-state index contributed by atoms with van der Waals surface area (Å²) in [6, 6.07) is 6.14. The number of methoxy groups -OCH3 is 1. The van der Waals surface area contributed by atoms with Crippen LogP contribution in [0, 0.1) is 0 Å². The Morgan fingerprint density at radius 3 is 2.92 bits per heavy atom. The third-order valence-electron chi connectivity index (χ3n) is 2.52. The van der Waals surface area contributed by atoms with E-state index in [9.17, 15) is 0 Å². The molecule has 2 nitrogen and oxygen atoms in total. The predicted molar refractivity (Wildman–Crippen MR) is 54.2 cm³/mol. The molecule has 0 amide bonds. The number of hydrogen-bond donors (Lipinski definition) is 0. The van der Waals surface area contributed by atoms with Crippen LogP contribution in [0.25, 0.3) is 0 Å². The Morgan fingerprint density at radius 2 is 2.23 bits per heavy atom. The van der Waals surface area contributed by atoms with Gasteiger partial charge in [0.25, 0.3) is 0 Å². The van der Waals surface area contributed by atoms with Gasteiger partial charge >= 0.3 is 0 Å². The molecule has 0 aromatic heterocycles. The van der Waals surface area contributed by atoms with Crippen molar-refractivity contribution in [1.29, 1.82) is 0 Å². The second-order valence-electron chi connectivity index (χ2n) is 3.30. The average Bonchev–Trinajstić information content (AvgIpc) is 2.43. The molecule has 13 heavy (non-hydrogen) atoms. The van der Waals surface area contributed by atoms with Gasteiger partial charge in [0, 0.05) is 30.9 Å². The molecule has 0 spiro atoms. The smallest absolute Gasteiger partial charge is 0.120 e. The lowest BCUT2D eigenvalue weighted by Gasteiger charge is -2.13. The van der Waals surface area contributed by atoms with Crippen molar-refractivity contribution in [2.75, 3.05) is 19.1 Å². The van der Waals surface area contributed by atoms with Crippen molar-refractivity contribution in [3.05, 3.63) is 36.0 Å². The summed E-state index contributed by atoms with van der Waals surface area (Å²) in [5.74, 6) is 0.903. The van der Waals surface area contributed by atoms with Gasteiger partial charge in [-0.25, -0.2) is 0 Å². The molecule has 68 valence electrons. The number of benzene rings is 1. The van der Waals surface area contributed by atoms with Gasteiger partial charge in [0.1, 0.15) is 5.75 Å². The number of hydrogen-bond acceptors (Lipinski definition) is 2. The second kappa shape index (κ2) is 2.80. The molecule has 0 fully saturated rings. The van der Waals surface area contributed by atoms with Gasteiger partial charge in [-0.1, -0.05) is 12.6 Å². The minimum Gasteiger partial charge on any atom is -0.497 e. The molecule has 0 unspecified atom stereocenters. The van der Waals surface area contributed by atoms with Crippen LogP contribution in [0.1, 0.15) is 5.56 Å². The topological polar surface area (TPSA) is 12.5 Å². The molecule has 2 heteroatoms. The number of rotatable bonds is 1. The van der Waals surface area contributed by atoms with E-state index in [4.69, 9.17) is 4.74 Å². The van der Waals surface area contributed by atoms with E-state index in [0.717, 1.165) is 17.9 Å². The van der Waals surface area contributed by atoms with E-state index in [-0.39, 0.29) is 0 Å². The fourth-order valence-corrected chi connectivity index (χ4v) is 1.64. The number of anilines is 1.